The van der Waals surface area contributed by atoms with Crippen molar-refractivity contribution >= 4 is 17.5 Å². The van der Waals surface area contributed by atoms with Crippen molar-refractivity contribution in [3.8, 4) is 0 Å². The third kappa shape index (κ3) is 5.13. The first-order chi connectivity index (χ1) is 10.5. The molecule has 2 N–H and O–H groups in total. The molecule has 0 bridgehead atoms. The Labute approximate surface area is 133 Å². The molecule has 0 radical (unpaired) electrons. The zero-order chi connectivity index (χ0) is 15.9. The first-order valence-corrected chi connectivity index (χ1v) is 7.37. The van der Waals surface area contributed by atoms with Crippen molar-refractivity contribution < 1.29 is 14.3 Å². The average Bonchev–Trinajstić information content (AvgIpc) is 2.47. The predicted octanol–water partition coefficient (Wildman–Crippen LogP) is 3.26. The number of aliphatic hydroxyl groups is 1. The lowest BCUT2D eigenvalue weighted by atomic mass is 10.1. The number of carbonyl (C=O) groups is 1. The van der Waals surface area contributed by atoms with Crippen LogP contribution in [0, 0.1) is 5.82 Å². The van der Waals surface area contributed by atoms with Crippen molar-refractivity contribution in [2.24, 2.45) is 0 Å². The number of rotatable bonds is 6. The number of nitrogens with one attached hydrogen (secondary N) is 1. The topological polar surface area (TPSA) is 49.3 Å². The van der Waals surface area contributed by atoms with Gasteiger partial charge in [0.2, 0.25) is 5.91 Å². The molecule has 1 atom stereocenters. The minimum atomic E-state index is -0.730. The summed E-state index contributed by atoms with van der Waals surface area (Å²) in [6.45, 7) is 0.345. The minimum Gasteiger partial charge on any atom is -0.388 e. The van der Waals surface area contributed by atoms with Crippen molar-refractivity contribution in [1.82, 2.24) is 5.32 Å². The first kappa shape index (κ1) is 16.5. The van der Waals surface area contributed by atoms with Gasteiger partial charge in [-0.15, -0.1) is 0 Å². The van der Waals surface area contributed by atoms with Gasteiger partial charge in [0.1, 0.15) is 5.82 Å². The molecule has 116 valence electrons. The van der Waals surface area contributed by atoms with E-state index >= 15 is 0 Å². The normalized spacial score (nSPS) is 12.0. The lowest BCUT2D eigenvalue weighted by Crippen LogP contribution is -2.27. The molecule has 5 heteroatoms. The minimum absolute atomic E-state index is 0.131. The molecule has 0 aromatic heterocycles. The van der Waals surface area contributed by atoms with Gasteiger partial charge in [-0.3, -0.25) is 4.79 Å². The molecule has 0 saturated heterocycles. The standard InChI is InChI=1S/C17H17ClFNO2/c18-14-3-1-2-12(10-14)11-17(22)20-9-8-16(21)13-4-6-15(19)7-5-13/h1-7,10,16,21H,8-9,11H2,(H,20,22). The highest BCUT2D eigenvalue weighted by Gasteiger charge is 2.09. The summed E-state index contributed by atoms with van der Waals surface area (Å²) < 4.78 is 12.8. The lowest BCUT2D eigenvalue weighted by Gasteiger charge is -2.11. The molecule has 0 aliphatic rings. The first-order valence-electron chi connectivity index (χ1n) is 6.99. The van der Waals surface area contributed by atoms with Crippen LogP contribution < -0.4 is 5.32 Å². The quantitative estimate of drug-likeness (QED) is 0.858. The second-order valence-electron chi connectivity index (χ2n) is 5.01. The van der Waals surface area contributed by atoms with Gasteiger partial charge in [0.15, 0.2) is 0 Å². The van der Waals surface area contributed by atoms with Gasteiger partial charge in [-0.25, -0.2) is 4.39 Å². The fourth-order valence-corrected chi connectivity index (χ4v) is 2.31. The van der Waals surface area contributed by atoms with Crippen LogP contribution in [0.4, 0.5) is 4.39 Å². The molecule has 1 unspecified atom stereocenters. The Hall–Kier alpha value is -1.91. The highest BCUT2D eigenvalue weighted by Crippen LogP contribution is 2.16. The third-order valence-corrected chi connectivity index (χ3v) is 3.48. The van der Waals surface area contributed by atoms with Crippen molar-refractivity contribution in [2.45, 2.75) is 18.9 Å². The molecule has 0 aliphatic heterocycles. The van der Waals surface area contributed by atoms with Gasteiger partial charge in [-0.1, -0.05) is 35.9 Å². The Kier molecular flexibility index (Phi) is 5.92. The van der Waals surface area contributed by atoms with Gasteiger partial charge in [0.05, 0.1) is 12.5 Å². The molecule has 0 spiro atoms. The number of hydrogen-bond donors (Lipinski definition) is 2. The Morgan fingerprint density at radius 1 is 1.23 bits per heavy atom. The molecule has 2 aromatic rings. The largest absolute Gasteiger partial charge is 0.388 e. The van der Waals surface area contributed by atoms with E-state index in [-0.39, 0.29) is 18.1 Å². The summed E-state index contributed by atoms with van der Waals surface area (Å²) in [5.74, 6) is -0.473. The Morgan fingerprint density at radius 2 is 1.95 bits per heavy atom. The van der Waals surface area contributed by atoms with Gasteiger partial charge < -0.3 is 10.4 Å². The van der Waals surface area contributed by atoms with E-state index in [9.17, 15) is 14.3 Å². The van der Waals surface area contributed by atoms with E-state index in [0.717, 1.165) is 5.56 Å². The molecule has 0 aliphatic carbocycles. The fraction of sp³-hybridized carbons (Fsp3) is 0.235. The Morgan fingerprint density at radius 3 is 2.64 bits per heavy atom. The summed E-state index contributed by atoms with van der Waals surface area (Å²) in [7, 11) is 0. The second kappa shape index (κ2) is 7.92. The number of aliphatic hydroxyl groups excluding tert-OH is 1. The predicted molar refractivity (Wildman–Crippen MR) is 84.1 cm³/mol. The zero-order valence-corrected chi connectivity index (χ0v) is 12.7. The van der Waals surface area contributed by atoms with Crippen molar-refractivity contribution in [3.05, 3.63) is 70.5 Å². The zero-order valence-electron chi connectivity index (χ0n) is 11.9. The van der Waals surface area contributed by atoms with Crippen molar-refractivity contribution in [3.63, 3.8) is 0 Å². The maximum absolute atomic E-state index is 12.8. The molecule has 2 aromatic carbocycles. The summed E-state index contributed by atoms with van der Waals surface area (Å²) >= 11 is 5.86. The van der Waals surface area contributed by atoms with Crippen LogP contribution in [0.15, 0.2) is 48.5 Å². The van der Waals surface area contributed by atoms with Crippen LogP contribution in [0.1, 0.15) is 23.7 Å². The highest BCUT2D eigenvalue weighted by atomic mass is 35.5. The molecular weight excluding hydrogens is 305 g/mol. The van der Waals surface area contributed by atoms with Gasteiger partial charge in [0.25, 0.3) is 0 Å². The van der Waals surface area contributed by atoms with Crippen LogP contribution in [0.5, 0.6) is 0 Å². The molecule has 3 nitrogen and oxygen atoms in total. The SMILES string of the molecule is O=C(Cc1cccc(Cl)c1)NCCC(O)c1ccc(F)cc1. The van der Waals surface area contributed by atoms with Crippen LogP contribution in [0.3, 0.4) is 0 Å². The number of amides is 1. The van der Waals surface area contributed by atoms with E-state index in [2.05, 4.69) is 5.32 Å². The molecule has 22 heavy (non-hydrogen) atoms. The summed E-state index contributed by atoms with van der Waals surface area (Å²) in [6.07, 6.45) is -0.118. The van der Waals surface area contributed by atoms with E-state index in [1.54, 1.807) is 18.2 Å². The molecule has 1 amide bonds. The maximum atomic E-state index is 12.8. The Balaban J connectivity index is 1.76. The third-order valence-electron chi connectivity index (χ3n) is 3.25. The monoisotopic (exact) mass is 321 g/mol. The molecule has 2 rings (SSSR count). The summed E-state index contributed by atoms with van der Waals surface area (Å²) in [5.41, 5.74) is 1.47. The van der Waals surface area contributed by atoms with Crippen molar-refractivity contribution in [1.29, 1.82) is 0 Å². The molecule has 0 fully saturated rings. The molecule has 0 saturated carbocycles. The van der Waals surface area contributed by atoms with Gasteiger partial charge in [0, 0.05) is 11.6 Å². The number of benzene rings is 2. The average molecular weight is 322 g/mol. The van der Waals surface area contributed by atoms with Crippen LogP contribution in [0.25, 0.3) is 0 Å². The summed E-state index contributed by atoms with van der Waals surface area (Å²) in [4.78, 5) is 11.8. The van der Waals surface area contributed by atoms with Gasteiger partial charge in [-0.2, -0.15) is 0 Å². The summed E-state index contributed by atoms with van der Waals surface area (Å²) in [5, 5.41) is 13.3. The van der Waals surface area contributed by atoms with E-state index in [0.29, 0.717) is 23.6 Å². The second-order valence-corrected chi connectivity index (χ2v) is 5.45. The van der Waals surface area contributed by atoms with Gasteiger partial charge in [-0.05, 0) is 41.8 Å². The number of hydrogen-bond acceptors (Lipinski definition) is 2. The smallest absolute Gasteiger partial charge is 0.224 e. The highest BCUT2D eigenvalue weighted by molar-refractivity contribution is 6.30. The fourth-order valence-electron chi connectivity index (χ4n) is 2.09. The maximum Gasteiger partial charge on any atom is 0.224 e. The van der Waals surface area contributed by atoms with E-state index in [1.165, 1.54) is 24.3 Å². The number of halogens is 2. The van der Waals surface area contributed by atoms with E-state index < -0.39 is 6.10 Å². The molecule has 0 heterocycles. The van der Waals surface area contributed by atoms with Crippen molar-refractivity contribution in [2.75, 3.05) is 6.54 Å². The van der Waals surface area contributed by atoms with Crippen LogP contribution in [-0.4, -0.2) is 17.6 Å². The van der Waals surface area contributed by atoms with Crippen LogP contribution >= 0.6 is 11.6 Å². The van der Waals surface area contributed by atoms with E-state index in [4.69, 9.17) is 11.6 Å². The van der Waals surface area contributed by atoms with E-state index in [1.807, 2.05) is 6.07 Å². The molecular formula is C17H17ClFNO2. The van der Waals surface area contributed by atoms with Gasteiger partial charge >= 0.3 is 0 Å². The lowest BCUT2D eigenvalue weighted by molar-refractivity contribution is -0.120. The number of carbonyl (C=O) groups excluding carboxylic acids is 1. The van der Waals surface area contributed by atoms with Crippen LogP contribution in [-0.2, 0) is 11.2 Å². The van der Waals surface area contributed by atoms with Crippen LogP contribution in [0.2, 0.25) is 5.02 Å². The summed E-state index contributed by atoms with van der Waals surface area (Å²) in [6, 6.07) is 12.8. The Bertz CT molecular complexity index is 631.